The molecule has 4 aromatic rings. The quantitative estimate of drug-likeness (QED) is 0.0765. The Morgan fingerprint density at radius 3 is 1.93 bits per heavy atom. The molecule has 7 rings (SSSR count). The fraction of sp³-hybridized carbons (Fsp3) is 0.239. The number of nitrogens with zero attached hydrogens (tertiary/aromatic N) is 3. The third kappa shape index (κ3) is 8.21. The molecule has 0 radical (unpaired) electrons. The molecule has 6 nitrogen and oxygen atoms in total. The Balaban J connectivity index is 0.000000723. The molecule has 0 amide bonds. The van der Waals surface area contributed by atoms with Crippen LogP contribution in [0.1, 0.15) is 61.4 Å². The van der Waals surface area contributed by atoms with Gasteiger partial charge in [0.1, 0.15) is 0 Å². The van der Waals surface area contributed by atoms with Crippen LogP contribution in [0, 0.1) is 6.58 Å². The van der Waals surface area contributed by atoms with E-state index < -0.39 is 15.6 Å². The van der Waals surface area contributed by atoms with Crippen LogP contribution in [0.2, 0.25) is 10.0 Å². The molecule has 58 heavy (non-hydrogen) atoms. The number of hydrogen-bond acceptors (Lipinski definition) is 5. The number of halogens is 5. The van der Waals surface area contributed by atoms with Gasteiger partial charge < -0.3 is 20.9 Å². The molecule has 0 atom stereocenters. The highest BCUT2D eigenvalue weighted by atomic mass is 35.5. The number of rotatable bonds is 8. The molecule has 12 heteroatoms. The first-order valence-electron chi connectivity index (χ1n) is 18.7. The van der Waals surface area contributed by atoms with E-state index >= 15 is 0 Å². The van der Waals surface area contributed by atoms with Crippen molar-refractivity contribution in [3.63, 3.8) is 0 Å². The molecule has 0 saturated heterocycles. The molecule has 0 unspecified atom stereocenters. The molecule has 0 saturated carbocycles. The first-order valence-corrected chi connectivity index (χ1v) is 20.8. The smallest absolute Gasteiger partial charge is 0.485 e. The van der Waals surface area contributed by atoms with Crippen molar-refractivity contribution in [1.29, 1.82) is 0 Å². The van der Waals surface area contributed by atoms with Crippen LogP contribution in [-0.4, -0.2) is 35.3 Å². The van der Waals surface area contributed by atoms with E-state index in [1.165, 1.54) is 33.8 Å². The van der Waals surface area contributed by atoms with Crippen molar-refractivity contribution in [2.24, 2.45) is 0 Å². The summed E-state index contributed by atoms with van der Waals surface area (Å²) in [5.41, 5.74) is 6.96. The molecule has 3 aliphatic rings. The second-order valence-corrected chi connectivity index (χ2v) is 17.3. The number of likely N-dealkylation sites (N-methyl/N-ethyl adjacent to an activating group) is 1. The molecule has 306 valence electrons. The first kappa shape index (κ1) is 42.7. The van der Waals surface area contributed by atoms with E-state index in [0.29, 0.717) is 0 Å². The van der Waals surface area contributed by atoms with Gasteiger partial charge in [0.05, 0.1) is 11.1 Å². The monoisotopic (exact) mass is 848 g/mol. The highest BCUT2D eigenvalue weighted by molar-refractivity contribution is 7.86. The lowest BCUT2D eigenvalue weighted by Crippen LogP contribution is -2.26. The summed E-state index contributed by atoms with van der Waals surface area (Å²) in [6.07, 6.45) is 12.7. The highest BCUT2D eigenvalue weighted by Crippen LogP contribution is 2.49. The summed E-state index contributed by atoms with van der Waals surface area (Å²) in [4.78, 5) is 4.84. The van der Waals surface area contributed by atoms with Gasteiger partial charge in [-0.3, -0.25) is 0 Å². The van der Waals surface area contributed by atoms with E-state index in [1.54, 1.807) is 6.20 Å². The van der Waals surface area contributed by atoms with Gasteiger partial charge in [0.2, 0.25) is 5.69 Å². The molecule has 2 aliphatic heterocycles. The summed E-state index contributed by atoms with van der Waals surface area (Å²) in [6, 6.07) is 33.7. The third-order valence-corrected chi connectivity index (χ3v) is 11.8. The molecule has 4 aromatic carbocycles. The third-order valence-electron chi connectivity index (χ3n) is 10.8. The summed E-state index contributed by atoms with van der Waals surface area (Å²) >= 11 is 13.0. The first-order chi connectivity index (χ1) is 27.3. The fourth-order valence-corrected chi connectivity index (χ4v) is 8.31. The average Bonchev–Trinajstić information content (AvgIpc) is 3.73. The number of benzene rings is 4. The molecule has 0 spiro atoms. The van der Waals surface area contributed by atoms with Crippen molar-refractivity contribution in [3.05, 3.63) is 178 Å². The summed E-state index contributed by atoms with van der Waals surface area (Å²) in [7, 11) is -6.09. The number of allylic oxidation sites excluding steroid dienone is 7. The van der Waals surface area contributed by atoms with E-state index in [-0.39, 0.29) is 13.7 Å². The zero-order valence-corrected chi connectivity index (χ0v) is 35.0. The minimum atomic E-state index is -6.09. The van der Waals surface area contributed by atoms with Crippen LogP contribution >= 0.6 is 23.2 Å². The van der Waals surface area contributed by atoms with Crippen molar-refractivity contribution in [3.8, 4) is 0 Å². The van der Waals surface area contributed by atoms with Crippen LogP contribution in [0.4, 0.5) is 35.9 Å². The van der Waals surface area contributed by atoms with Crippen LogP contribution < -0.4 is 9.80 Å². The largest absolute Gasteiger partial charge is 0.741 e. The Morgan fingerprint density at radius 2 is 1.40 bits per heavy atom. The van der Waals surface area contributed by atoms with Gasteiger partial charge in [-0.25, -0.2) is 8.42 Å². The Morgan fingerprint density at radius 1 is 0.845 bits per heavy atom. The Hall–Kier alpha value is -4.87. The average molecular weight is 850 g/mol. The van der Waals surface area contributed by atoms with Gasteiger partial charge in [-0.15, -0.1) is 0 Å². The van der Waals surface area contributed by atoms with Crippen LogP contribution in [0.5, 0.6) is 0 Å². The minimum Gasteiger partial charge on any atom is -0.741 e. The molecule has 0 bridgehead atoms. The van der Waals surface area contributed by atoms with Gasteiger partial charge in [0.15, 0.2) is 15.8 Å². The maximum atomic E-state index is 10.7. The van der Waals surface area contributed by atoms with Crippen molar-refractivity contribution in [2.75, 3.05) is 16.3 Å². The number of para-hydroxylation sites is 2. The minimum absolute atomic E-state index is 0. The Kier molecular flexibility index (Phi) is 12.1. The Labute approximate surface area is 351 Å². The van der Waals surface area contributed by atoms with Crippen LogP contribution in [0.3, 0.4) is 0 Å². The zero-order chi connectivity index (χ0) is 42.2. The SMILES string of the molecule is O=S(=O)([O-])C(F)(F)F.[CH-]=C[N+]1=C(C=CC2=C(N(c3ccccc3)c3ccccc3)C(=CC=C3N(CC)c4ccc(Cl)cc4C3(C)C)CC2)C(C)(C)c2cc(Cl)ccc21.[HH].[HH]. The lowest BCUT2D eigenvalue weighted by atomic mass is 9.81. The van der Waals surface area contributed by atoms with Gasteiger partial charge in [-0.1, -0.05) is 85.6 Å². The lowest BCUT2D eigenvalue weighted by molar-refractivity contribution is -0.356. The predicted molar refractivity (Wildman–Crippen MR) is 232 cm³/mol. The van der Waals surface area contributed by atoms with Crippen molar-refractivity contribution in [2.45, 2.75) is 63.8 Å². The second-order valence-electron chi connectivity index (χ2n) is 15.1. The summed E-state index contributed by atoms with van der Waals surface area (Å²) in [5.74, 6) is 0. The Bertz CT molecular complexity index is 2480. The van der Waals surface area contributed by atoms with Gasteiger partial charge in [-0.05, 0) is 117 Å². The van der Waals surface area contributed by atoms with Crippen molar-refractivity contribution in [1.82, 2.24) is 0 Å². The van der Waals surface area contributed by atoms with Crippen molar-refractivity contribution < 1.29 is 33.6 Å². The topological polar surface area (TPSA) is 66.7 Å². The molecule has 2 heterocycles. The maximum Gasteiger partial charge on any atom is 0.485 e. The van der Waals surface area contributed by atoms with E-state index in [2.05, 4.69) is 158 Å². The summed E-state index contributed by atoms with van der Waals surface area (Å²) in [6.45, 7) is 18.4. The zero-order valence-electron chi connectivity index (χ0n) is 32.7. The normalized spacial score (nSPS) is 18.5. The second kappa shape index (κ2) is 16.4. The molecule has 0 fully saturated rings. The van der Waals surface area contributed by atoms with Crippen LogP contribution in [-0.2, 0) is 20.9 Å². The molecule has 0 N–H and O–H groups in total. The van der Waals surface area contributed by atoms with Gasteiger partial charge in [-0.2, -0.15) is 17.7 Å². The van der Waals surface area contributed by atoms with Crippen LogP contribution in [0.25, 0.3) is 0 Å². The van der Waals surface area contributed by atoms with Crippen molar-refractivity contribution >= 4 is 61.8 Å². The molecular formula is C46H47Cl2F3N3O3S-. The van der Waals surface area contributed by atoms with Gasteiger partial charge >= 0.3 is 5.51 Å². The van der Waals surface area contributed by atoms with Crippen LogP contribution in [0.15, 0.2) is 150 Å². The summed E-state index contributed by atoms with van der Waals surface area (Å²) in [5, 5.41) is 1.50. The summed E-state index contributed by atoms with van der Waals surface area (Å²) < 4.78 is 61.0. The van der Waals surface area contributed by atoms with E-state index in [9.17, 15) is 13.2 Å². The maximum absolute atomic E-state index is 10.7. The number of anilines is 3. The molecular weight excluding hydrogens is 802 g/mol. The number of fused-ring (bicyclic) bond motifs is 2. The predicted octanol–water partition coefficient (Wildman–Crippen LogP) is 12.9. The van der Waals surface area contributed by atoms with E-state index in [0.717, 1.165) is 57.8 Å². The lowest BCUT2D eigenvalue weighted by Gasteiger charge is -2.29. The van der Waals surface area contributed by atoms with E-state index in [1.807, 2.05) is 12.1 Å². The standard InChI is InChI=1S/C45H43Cl2N3.CHF3O3S.2H2/c1-7-48-39-25-23-33(46)29-37(39)44(3,4)41(48)27-21-31-19-20-32(43(31)50(35-15-11-9-12-16-35)36-17-13-10-14-18-36)22-28-42-45(5,6)38-30-34(47)24-26-40(38)49(42)8-2;2-1(3,4)8(5,6)7;;/h1,7,9-18,21-30H,8,19-20H2,2-6H3;(H,5,6,7);2*1H/p-1. The number of hydrogen-bond donors (Lipinski definition) is 0. The molecule has 1 aliphatic carbocycles. The molecule has 0 aromatic heterocycles. The van der Waals surface area contributed by atoms with E-state index in [4.69, 9.17) is 42.8 Å². The highest BCUT2D eigenvalue weighted by Gasteiger charge is 2.44. The van der Waals surface area contributed by atoms with Gasteiger partial charge in [0, 0.05) is 65.3 Å². The number of alkyl halides is 3. The van der Waals surface area contributed by atoms with Gasteiger partial charge in [0.25, 0.3) is 0 Å². The fourth-order valence-electron chi connectivity index (χ4n) is 7.97.